The molecule has 0 atom stereocenters. The molecule has 0 saturated heterocycles. The van der Waals surface area contributed by atoms with Crippen LogP contribution in [-0.2, 0) is 21.7 Å². The molecule has 0 heterocycles. The summed E-state index contributed by atoms with van der Waals surface area (Å²) < 4.78 is 24.2. The average molecular weight is 251 g/mol. The number of methoxy groups -OCH3 is 2. The van der Waals surface area contributed by atoms with Crippen LogP contribution in [0.15, 0.2) is 17.1 Å². The minimum atomic E-state index is -0.722. The number of rotatable bonds is 5. The highest BCUT2D eigenvalue weighted by atomic mass is 19.1. The minimum absolute atomic E-state index is 0.317. The Labute approximate surface area is 104 Å². The van der Waals surface area contributed by atoms with Crippen molar-refractivity contribution in [2.75, 3.05) is 14.2 Å². The third kappa shape index (κ3) is 2.15. The number of hydrogen-bond acceptors (Lipinski definition) is 4. The normalized spacial score (nSPS) is 15.9. The van der Waals surface area contributed by atoms with Gasteiger partial charge in [-0.25, -0.2) is 9.18 Å². The van der Waals surface area contributed by atoms with Crippen molar-refractivity contribution in [2.24, 2.45) is 4.99 Å². The molecule has 0 aromatic heterocycles. The van der Waals surface area contributed by atoms with E-state index in [2.05, 4.69) is 4.99 Å². The van der Waals surface area contributed by atoms with Crippen molar-refractivity contribution >= 4 is 6.08 Å². The van der Waals surface area contributed by atoms with Gasteiger partial charge in [-0.05, 0) is 18.9 Å². The van der Waals surface area contributed by atoms with Gasteiger partial charge in [0.15, 0.2) is 0 Å². The molecule has 18 heavy (non-hydrogen) atoms. The molecule has 0 bridgehead atoms. The molecule has 0 aliphatic heterocycles. The number of hydrogen-bond donors (Lipinski definition) is 0. The van der Waals surface area contributed by atoms with Gasteiger partial charge in [-0.3, -0.25) is 0 Å². The van der Waals surface area contributed by atoms with Crippen molar-refractivity contribution in [3.8, 4) is 5.75 Å². The molecule has 1 fully saturated rings. The number of carbonyl (C=O) groups excluding carboxylic acids is 1. The predicted molar refractivity (Wildman–Crippen MR) is 62.7 cm³/mol. The van der Waals surface area contributed by atoms with Crippen molar-refractivity contribution in [1.82, 2.24) is 0 Å². The molecule has 0 spiro atoms. The van der Waals surface area contributed by atoms with Crippen LogP contribution in [0.1, 0.15) is 24.0 Å². The number of benzene rings is 1. The second-order valence-electron chi connectivity index (χ2n) is 4.31. The molecule has 0 unspecified atom stereocenters. The Morgan fingerprint density at radius 2 is 2.17 bits per heavy atom. The van der Waals surface area contributed by atoms with E-state index >= 15 is 0 Å². The topological polar surface area (TPSA) is 47.9 Å². The fourth-order valence-corrected chi connectivity index (χ4v) is 2.06. The smallest absolute Gasteiger partial charge is 0.235 e. The van der Waals surface area contributed by atoms with Crippen LogP contribution in [0.3, 0.4) is 0 Å². The molecular formula is C13H14FNO3. The zero-order valence-corrected chi connectivity index (χ0v) is 10.3. The maximum Gasteiger partial charge on any atom is 0.235 e. The Morgan fingerprint density at radius 1 is 1.44 bits per heavy atom. The highest BCUT2D eigenvalue weighted by Crippen LogP contribution is 2.50. The quantitative estimate of drug-likeness (QED) is 0.596. The van der Waals surface area contributed by atoms with Gasteiger partial charge < -0.3 is 9.47 Å². The van der Waals surface area contributed by atoms with Crippen LogP contribution in [0.2, 0.25) is 0 Å². The van der Waals surface area contributed by atoms with Crippen LogP contribution in [0, 0.1) is 5.82 Å². The van der Waals surface area contributed by atoms with E-state index in [4.69, 9.17) is 9.47 Å². The molecule has 1 aliphatic carbocycles. The fourth-order valence-electron chi connectivity index (χ4n) is 2.06. The Bertz CT molecular complexity index is 505. The summed E-state index contributed by atoms with van der Waals surface area (Å²) in [4.78, 5) is 14.1. The van der Waals surface area contributed by atoms with E-state index in [0.717, 1.165) is 5.56 Å². The second-order valence-corrected chi connectivity index (χ2v) is 4.31. The third-order valence-electron chi connectivity index (χ3n) is 3.15. The van der Waals surface area contributed by atoms with Crippen LogP contribution in [0.5, 0.6) is 5.75 Å². The zero-order valence-electron chi connectivity index (χ0n) is 10.3. The average Bonchev–Trinajstić information content (AvgIpc) is 3.12. The predicted octanol–water partition coefficient (Wildman–Crippen LogP) is 2.31. The van der Waals surface area contributed by atoms with Gasteiger partial charge in [0.25, 0.3) is 0 Å². The number of isocyanates is 1. The molecule has 0 radical (unpaired) electrons. The first-order valence-electron chi connectivity index (χ1n) is 5.61. The molecule has 0 amide bonds. The highest BCUT2D eigenvalue weighted by Gasteiger charge is 2.47. The Balaban J connectivity index is 2.48. The lowest BCUT2D eigenvalue weighted by Gasteiger charge is -2.14. The van der Waals surface area contributed by atoms with E-state index in [1.165, 1.54) is 19.3 Å². The van der Waals surface area contributed by atoms with E-state index in [-0.39, 0.29) is 0 Å². The minimum Gasteiger partial charge on any atom is -0.496 e. The van der Waals surface area contributed by atoms with Crippen molar-refractivity contribution < 1.29 is 18.7 Å². The summed E-state index contributed by atoms with van der Waals surface area (Å²) in [5, 5.41) is 0. The van der Waals surface area contributed by atoms with Gasteiger partial charge in [0.05, 0.1) is 13.7 Å². The molecule has 5 heteroatoms. The molecule has 1 aromatic rings. The molecule has 1 aliphatic rings. The van der Waals surface area contributed by atoms with E-state index in [1.807, 2.05) is 0 Å². The first kappa shape index (κ1) is 12.7. The van der Waals surface area contributed by atoms with Crippen molar-refractivity contribution in [3.63, 3.8) is 0 Å². The van der Waals surface area contributed by atoms with Crippen molar-refractivity contribution in [3.05, 3.63) is 29.1 Å². The monoisotopic (exact) mass is 251 g/mol. The number of ether oxygens (including phenoxy) is 2. The van der Waals surface area contributed by atoms with Crippen molar-refractivity contribution in [2.45, 2.75) is 25.0 Å². The van der Waals surface area contributed by atoms with E-state index in [0.29, 0.717) is 30.8 Å². The first-order chi connectivity index (χ1) is 8.66. The van der Waals surface area contributed by atoms with Gasteiger partial charge in [0, 0.05) is 24.3 Å². The Kier molecular flexibility index (Phi) is 3.45. The SMILES string of the molecule is COCc1cc(C2(N=C=O)CC2)c(F)cc1OC. The van der Waals surface area contributed by atoms with Crippen molar-refractivity contribution in [1.29, 1.82) is 0 Å². The molecule has 96 valence electrons. The molecule has 1 aromatic carbocycles. The zero-order chi connectivity index (χ0) is 13.2. The lowest BCUT2D eigenvalue weighted by Crippen LogP contribution is -2.08. The summed E-state index contributed by atoms with van der Waals surface area (Å²) in [6, 6.07) is 2.97. The lowest BCUT2D eigenvalue weighted by molar-refractivity contribution is 0.181. The van der Waals surface area contributed by atoms with Crippen LogP contribution >= 0.6 is 0 Å². The number of halogens is 1. The first-order valence-corrected chi connectivity index (χ1v) is 5.61. The fraction of sp³-hybridized carbons (Fsp3) is 0.462. The summed E-state index contributed by atoms with van der Waals surface area (Å²) in [6.45, 7) is 0.317. The molecule has 1 saturated carbocycles. The summed E-state index contributed by atoms with van der Waals surface area (Å²) >= 11 is 0. The van der Waals surface area contributed by atoms with Gasteiger partial charge in [0.2, 0.25) is 6.08 Å². The van der Waals surface area contributed by atoms with E-state index in [1.54, 1.807) is 13.2 Å². The van der Waals surface area contributed by atoms with Crippen LogP contribution in [0.25, 0.3) is 0 Å². The van der Waals surface area contributed by atoms with Crippen LogP contribution in [0.4, 0.5) is 4.39 Å². The summed E-state index contributed by atoms with van der Waals surface area (Å²) in [6.07, 6.45) is 2.85. The Morgan fingerprint density at radius 3 is 2.67 bits per heavy atom. The summed E-state index contributed by atoms with van der Waals surface area (Å²) in [7, 11) is 3.03. The van der Waals surface area contributed by atoms with Gasteiger partial charge in [0.1, 0.15) is 17.1 Å². The molecular weight excluding hydrogens is 237 g/mol. The van der Waals surface area contributed by atoms with Gasteiger partial charge in [-0.1, -0.05) is 0 Å². The maximum absolute atomic E-state index is 14.0. The lowest BCUT2D eigenvalue weighted by atomic mass is 10.0. The standard InChI is InChI=1S/C13H14FNO3/c1-17-7-9-5-10(11(14)6-12(9)18-2)13(3-4-13)15-8-16/h5-6H,3-4,7H2,1-2H3. The molecule has 2 rings (SSSR count). The van der Waals surface area contributed by atoms with Crippen LogP contribution < -0.4 is 4.74 Å². The van der Waals surface area contributed by atoms with Crippen LogP contribution in [-0.4, -0.2) is 20.3 Å². The largest absolute Gasteiger partial charge is 0.496 e. The Hall–Kier alpha value is -1.71. The number of nitrogens with zero attached hydrogens (tertiary/aromatic N) is 1. The number of aliphatic imine (C=N–C) groups is 1. The summed E-state index contributed by atoms with van der Waals surface area (Å²) in [5.41, 5.74) is 0.433. The van der Waals surface area contributed by atoms with Gasteiger partial charge >= 0.3 is 0 Å². The molecule has 4 nitrogen and oxygen atoms in total. The third-order valence-corrected chi connectivity index (χ3v) is 3.15. The second kappa shape index (κ2) is 4.88. The van der Waals surface area contributed by atoms with E-state index in [9.17, 15) is 9.18 Å². The van der Waals surface area contributed by atoms with Gasteiger partial charge in [-0.2, -0.15) is 4.99 Å². The highest BCUT2D eigenvalue weighted by molar-refractivity contribution is 5.46. The van der Waals surface area contributed by atoms with E-state index < -0.39 is 11.4 Å². The molecule has 0 N–H and O–H groups in total. The maximum atomic E-state index is 14.0. The summed E-state index contributed by atoms with van der Waals surface area (Å²) in [5.74, 6) is 0.0205. The van der Waals surface area contributed by atoms with Gasteiger partial charge in [-0.15, -0.1) is 0 Å².